The van der Waals surface area contributed by atoms with E-state index in [1.54, 1.807) is 0 Å². The van der Waals surface area contributed by atoms with Crippen LogP contribution in [-0.4, -0.2) is 11.1 Å². The molecule has 1 N–H and O–H groups in total. The molecule has 0 saturated heterocycles. The molecule has 2 heteroatoms. The van der Waals surface area contributed by atoms with Gasteiger partial charge < -0.3 is 5.11 Å². The van der Waals surface area contributed by atoms with Crippen LogP contribution < -0.4 is 0 Å². The lowest BCUT2D eigenvalue weighted by molar-refractivity contribution is -0.143. The second-order valence-electron chi connectivity index (χ2n) is 3.22. The standard InChI is InChI=1S/C8H12O2/c1-6(2)5-8(3-4-8)7(9)10/h1,3-5H2,2H3,(H,9,10). The quantitative estimate of drug-likeness (QED) is 0.607. The molecular weight excluding hydrogens is 128 g/mol. The van der Waals surface area contributed by atoms with Gasteiger partial charge in [0, 0.05) is 0 Å². The second-order valence-corrected chi connectivity index (χ2v) is 3.22. The van der Waals surface area contributed by atoms with Crippen LogP contribution in [0.15, 0.2) is 12.2 Å². The van der Waals surface area contributed by atoms with Gasteiger partial charge in [-0.15, -0.1) is 6.58 Å². The number of carboxylic acid groups (broad SMARTS) is 1. The Balaban J connectivity index is 2.53. The minimum Gasteiger partial charge on any atom is -0.481 e. The van der Waals surface area contributed by atoms with E-state index in [4.69, 9.17) is 5.11 Å². The highest BCUT2D eigenvalue weighted by molar-refractivity contribution is 5.78. The summed E-state index contributed by atoms with van der Waals surface area (Å²) >= 11 is 0. The maximum Gasteiger partial charge on any atom is 0.309 e. The molecule has 2 nitrogen and oxygen atoms in total. The first-order valence-electron chi connectivity index (χ1n) is 3.45. The number of hydrogen-bond acceptors (Lipinski definition) is 1. The van der Waals surface area contributed by atoms with Crippen LogP contribution in [0.3, 0.4) is 0 Å². The summed E-state index contributed by atoms with van der Waals surface area (Å²) in [4.78, 5) is 10.6. The highest BCUT2D eigenvalue weighted by Crippen LogP contribution is 2.50. The van der Waals surface area contributed by atoms with Crippen molar-refractivity contribution in [3.05, 3.63) is 12.2 Å². The Kier molecular flexibility index (Phi) is 1.55. The monoisotopic (exact) mass is 140 g/mol. The number of allylic oxidation sites excluding steroid dienone is 1. The first-order chi connectivity index (χ1) is 4.57. The first kappa shape index (κ1) is 7.32. The summed E-state index contributed by atoms with van der Waals surface area (Å²) in [5, 5.41) is 8.71. The fraction of sp³-hybridized carbons (Fsp3) is 0.625. The van der Waals surface area contributed by atoms with Crippen molar-refractivity contribution in [2.45, 2.75) is 26.2 Å². The van der Waals surface area contributed by atoms with E-state index in [1.807, 2.05) is 6.92 Å². The third-order valence-electron chi connectivity index (χ3n) is 1.95. The number of hydrogen-bond donors (Lipinski definition) is 1. The molecule has 0 aromatic carbocycles. The Labute approximate surface area is 60.6 Å². The maximum absolute atomic E-state index is 10.6. The SMILES string of the molecule is C=C(C)CC1(C(=O)O)CC1. The molecule has 0 bridgehead atoms. The van der Waals surface area contributed by atoms with Crippen LogP contribution in [-0.2, 0) is 4.79 Å². The Bertz CT molecular complexity index is 178. The Morgan fingerprint density at radius 3 is 2.30 bits per heavy atom. The molecule has 0 unspecified atom stereocenters. The number of carboxylic acids is 1. The summed E-state index contributed by atoms with van der Waals surface area (Å²) in [5.41, 5.74) is 0.561. The Morgan fingerprint density at radius 1 is 1.70 bits per heavy atom. The van der Waals surface area contributed by atoms with E-state index >= 15 is 0 Å². The molecular formula is C8H12O2. The highest BCUT2D eigenvalue weighted by atomic mass is 16.4. The van der Waals surface area contributed by atoms with Gasteiger partial charge in [-0.05, 0) is 26.2 Å². The third kappa shape index (κ3) is 1.20. The summed E-state index contributed by atoms with van der Waals surface area (Å²) < 4.78 is 0. The zero-order valence-electron chi connectivity index (χ0n) is 6.18. The Hall–Kier alpha value is -0.790. The topological polar surface area (TPSA) is 37.3 Å². The minimum absolute atomic E-state index is 0.411. The summed E-state index contributed by atoms with van der Waals surface area (Å²) in [6.45, 7) is 5.58. The summed E-state index contributed by atoms with van der Waals surface area (Å²) in [7, 11) is 0. The first-order valence-corrected chi connectivity index (χ1v) is 3.45. The molecule has 1 saturated carbocycles. The van der Waals surface area contributed by atoms with Crippen LogP contribution in [0.5, 0.6) is 0 Å². The number of rotatable bonds is 3. The largest absolute Gasteiger partial charge is 0.481 e. The van der Waals surface area contributed by atoms with Crippen molar-refractivity contribution in [1.29, 1.82) is 0 Å². The average molecular weight is 140 g/mol. The van der Waals surface area contributed by atoms with E-state index in [0.717, 1.165) is 18.4 Å². The number of aliphatic carboxylic acids is 1. The predicted molar refractivity (Wildman–Crippen MR) is 38.7 cm³/mol. The van der Waals surface area contributed by atoms with Crippen LogP contribution in [0.4, 0.5) is 0 Å². The van der Waals surface area contributed by atoms with E-state index < -0.39 is 11.4 Å². The minimum atomic E-state index is -0.657. The van der Waals surface area contributed by atoms with Gasteiger partial charge in [0.05, 0.1) is 5.41 Å². The van der Waals surface area contributed by atoms with Crippen LogP contribution >= 0.6 is 0 Å². The van der Waals surface area contributed by atoms with Crippen molar-refractivity contribution in [2.75, 3.05) is 0 Å². The highest BCUT2D eigenvalue weighted by Gasteiger charge is 2.49. The third-order valence-corrected chi connectivity index (χ3v) is 1.95. The van der Waals surface area contributed by atoms with Gasteiger partial charge >= 0.3 is 5.97 Å². The molecule has 0 atom stereocenters. The lowest BCUT2D eigenvalue weighted by Crippen LogP contribution is -2.14. The van der Waals surface area contributed by atoms with Gasteiger partial charge in [-0.3, -0.25) is 4.79 Å². The van der Waals surface area contributed by atoms with Gasteiger partial charge in [-0.1, -0.05) is 5.57 Å². The Morgan fingerprint density at radius 2 is 2.20 bits per heavy atom. The molecule has 1 aliphatic carbocycles. The molecule has 1 rings (SSSR count). The van der Waals surface area contributed by atoms with Crippen LogP contribution in [0.1, 0.15) is 26.2 Å². The van der Waals surface area contributed by atoms with Gasteiger partial charge in [0.25, 0.3) is 0 Å². The van der Waals surface area contributed by atoms with Gasteiger partial charge in [0.2, 0.25) is 0 Å². The molecule has 1 aliphatic rings. The summed E-state index contributed by atoms with van der Waals surface area (Å²) in [6, 6.07) is 0. The van der Waals surface area contributed by atoms with Crippen molar-refractivity contribution in [3.8, 4) is 0 Å². The van der Waals surface area contributed by atoms with Gasteiger partial charge in [0.1, 0.15) is 0 Å². The van der Waals surface area contributed by atoms with Crippen molar-refractivity contribution in [3.63, 3.8) is 0 Å². The maximum atomic E-state index is 10.6. The van der Waals surface area contributed by atoms with E-state index in [0.29, 0.717) is 6.42 Å². The van der Waals surface area contributed by atoms with Crippen molar-refractivity contribution in [1.82, 2.24) is 0 Å². The average Bonchev–Trinajstić information content (AvgIpc) is 2.46. The molecule has 0 aromatic rings. The normalized spacial score (nSPS) is 20.1. The molecule has 0 heterocycles. The van der Waals surface area contributed by atoms with Crippen LogP contribution in [0, 0.1) is 5.41 Å². The lowest BCUT2D eigenvalue weighted by atomic mass is 9.99. The fourth-order valence-corrected chi connectivity index (χ4v) is 1.19. The zero-order chi connectivity index (χ0) is 7.78. The zero-order valence-corrected chi connectivity index (χ0v) is 6.18. The van der Waals surface area contributed by atoms with Gasteiger partial charge in [-0.2, -0.15) is 0 Å². The molecule has 56 valence electrons. The van der Waals surface area contributed by atoms with E-state index in [-0.39, 0.29) is 0 Å². The molecule has 1 fully saturated rings. The van der Waals surface area contributed by atoms with E-state index in [2.05, 4.69) is 6.58 Å². The summed E-state index contributed by atoms with van der Waals surface area (Å²) in [5.74, 6) is -0.657. The van der Waals surface area contributed by atoms with Crippen LogP contribution in [0.25, 0.3) is 0 Å². The molecule has 0 radical (unpaired) electrons. The summed E-state index contributed by atoms with van der Waals surface area (Å²) in [6.07, 6.45) is 2.31. The second kappa shape index (κ2) is 2.11. The molecule has 0 aromatic heterocycles. The molecule has 0 amide bonds. The fourth-order valence-electron chi connectivity index (χ4n) is 1.19. The van der Waals surface area contributed by atoms with E-state index in [9.17, 15) is 4.79 Å². The van der Waals surface area contributed by atoms with Crippen molar-refractivity contribution >= 4 is 5.97 Å². The van der Waals surface area contributed by atoms with Crippen molar-refractivity contribution in [2.24, 2.45) is 5.41 Å². The lowest BCUT2D eigenvalue weighted by Gasteiger charge is -2.07. The van der Waals surface area contributed by atoms with Gasteiger partial charge in [0.15, 0.2) is 0 Å². The molecule has 0 aliphatic heterocycles. The number of carbonyl (C=O) groups is 1. The molecule has 10 heavy (non-hydrogen) atoms. The molecule has 0 spiro atoms. The van der Waals surface area contributed by atoms with Crippen LogP contribution in [0.2, 0.25) is 0 Å². The van der Waals surface area contributed by atoms with Gasteiger partial charge in [-0.25, -0.2) is 0 Å². The van der Waals surface area contributed by atoms with E-state index in [1.165, 1.54) is 0 Å². The smallest absolute Gasteiger partial charge is 0.309 e. The predicted octanol–water partition coefficient (Wildman–Crippen LogP) is 1.82. The van der Waals surface area contributed by atoms with Crippen molar-refractivity contribution < 1.29 is 9.90 Å².